The molecule has 0 amide bonds. The second-order valence-corrected chi connectivity index (χ2v) is 3.18. The molecule has 10 heavy (non-hydrogen) atoms. The van der Waals surface area contributed by atoms with Crippen LogP contribution in [-0.4, -0.2) is 45.0 Å². The van der Waals surface area contributed by atoms with Gasteiger partial charge in [0.05, 0.1) is 18.1 Å². The van der Waals surface area contributed by atoms with Crippen molar-refractivity contribution in [3.8, 4) is 0 Å². The standard InChI is InChI=1S/C5H12O3S2/c6-3-10-2-5(8)4(7)1-9/h4-9H,1-3H2. The number of hydrogen-bond donors (Lipinski definition) is 4. The highest BCUT2D eigenvalue weighted by Gasteiger charge is 2.13. The summed E-state index contributed by atoms with van der Waals surface area (Å²) in [7, 11) is 0. The van der Waals surface area contributed by atoms with Crippen molar-refractivity contribution in [2.24, 2.45) is 0 Å². The Morgan fingerprint density at radius 1 is 1.30 bits per heavy atom. The van der Waals surface area contributed by atoms with E-state index in [0.717, 1.165) is 0 Å². The van der Waals surface area contributed by atoms with Gasteiger partial charge in [-0.2, -0.15) is 12.6 Å². The van der Waals surface area contributed by atoms with E-state index in [2.05, 4.69) is 12.6 Å². The van der Waals surface area contributed by atoms with Crippen molar-refractivity contribution in [3.63, 3.8) is 0 Å². The summed E-state index contributed by atoms with van der Waals surface area (Å²) in [6, 6.07) is 0. The average molecular weight is 184 g/mol. The summed E-state index contributed by atoms with van der Waals surface area (Å²) < 4.78 is 0. The van der Waals surface area contributed by atoms with Gasteiger partial charge in [0.1, 0.15) is 0 Å². The van der Waals surface area contributed by atoms with Gasteiger partial charge in [-0.1, -0.05) is 0 Å². The highest BCUT2D eigenvalue weighted by atomic mass is 32.2. The lowest BCUT2D eigenvalue weighted by molar-refractivity contribution is 0.0501. The van der Waals surface area contributed by atoms with Gasteiger partial charge >= 0.3 is 0 Å². The minimum atomic E-state index is -0.789. The number of aliphatic hydroxyl groups is 3. The van der Waals surface area contributed by atoms with E-state index in [-0.39, 0.29) is 11.7 Å². The predicted molar refractivity (Wildman–Crippen MR) is 45.4 cm³/mol. The molecule has 5 heteroatoms. The van der Waals surface area contributed by atoms with E-state index in [4.69, 9.17) is 15.3 Å². The lowest BCUT2D eigenvalue weighted by Crippen LogP contribution is -2.29. The number of thiol groups is 1. The Morgan fingerprint density at radius 3 is 2.30 bits per heavy atom. The third-order valence-corrected chi connectivity index (χ3v) is 2.15. The molecule has 0 fully saturated rings. The number of rotatable bonds is 5. The monoisotopic (exact) mass is 184 g/mol. The van der Waals surface area contributed by atoms with Gasteiger partial charge in [0.25, 0.3) is 0 Å². The molecule has 0 spiro atoms. The average Bonchev–Trinajstić information content (AvgIpc) is 1.98. The molecule has 0 aromatic carbocycles. The van der Waals surface area contributed by atoms with Gasteiger partial charge < -0.3 is 15.3 Å². The Balaban J connectivity index is 3.31. The molecule has 0 radical (unpaired) electrons. The van der Waals surface area contributed by atoms with E-state index in [1.807, 2.05) is 0 Å². The van der Waals surface area contributed by atoms with Crippen molar-refractivity contribution in [2.75, 3.05) is 17.4 Å². The van der Waals surface area contributed by atoms with Crippen molar-refractivity contribution >= 4 is 24.4 Å². The maximum Gasteiger partial charge on any atom is 0.0898 e. The lowest BCUT2D eigenvalue weighted by atomic mass is 10.3. The summed E-state index contributed by atoms with van der Waals surface area (Å²) in [6.07, 6.45) is -1.57. The van der Waals surface area contributed by atoms with E-state index in [0.29, 0.717) is 5.75 Å². The first-order valence-electron chi connectivity index (χ1n) is 2.88. The van der Waals surface area contributed by atoms with E-state index in [1.54, 1.807) is 0 Å². The zero-order chi connectivity index (χ0) is 7.98. The van der Waals surface area contributed by atoms with Crippen LogP contribution in [0.1, 0.15) is 0 Å². The molecule has 62 valence electrons. The predicted octanol–water partition coefficient (Wildman–Crippen LogP) is -0.679. The Labute approximate surface area is 69.9 Å². The fourth-order valence-corrected chi connectivity index (χ4v) is 1.22. The van der Waals surface area contributed by atoms with Crippen LogP contribution in [0.2, 0.25) is 0 Å². The van der Waals surface area contributed by atoms with Crippen molar-refractivity contribution in [1.29, 1.82) is 0 Å². The molecule has 0 aliphatic heterocycles. The summed E-state index contributed by atoms with van der Waals surface area (Å²) in [5.41, 5.74) is 0. The first-order valence-corrected chi connectivity index (χ1v) is 4.66. The molecule has 0 aliphatic rings. The van der Waals surface area contributed by atoms with Crippen LogP contribution in [0.5, 0.6) is 0 Å². The lowest BCUT2D eigenvalue weighted by Gasteiger charge is -2.13. The molecule has 0 aromatic heterocycles. The molecule has 0 saturated heterocycles. The normalized spacial score (nSPS) is 16.8. The van der Waals surface area contributed by atoms with Crippen molar-refractivity contribution < 1.29 is 15.3 Å². The van der Waals surface area contributed by atoms with Crippen LogP contribution in [0.25, 0.3) is 0 Å². The van der Waals surface area contributed by atoms with Gasteiger partial charge in [-0.25, -0.2) is 0 Å². The topological polar surface area (TPSA) is 60.7 Å². The quantitative estimate of drug-likeness (QED) is 0.338. The van der Waals surface area contributed by atoms with Crippen molar-refractivity contribution in [1.82, 2.24) is 0 Å². The van der Waals surface area contributed by atoms with E-state index in [1.165, 1.54) is 11.8 Å². The molecular weight excluding hydrogens is 172 g/mol. The fraction of sp³-hybridized carbons (Fsp3) is 1.00. The molecule has 0 saturated carbocycles. The molecule has 2 atom stereocenters. The molecule has 0 bridgehead atoms. The number of aliphatic hydroxyl groups excluding tert-OH is 3. The maximum absolute atomic E-state index is 9.02. The Kier molecular flexibility index (Phi) is 6.67. The minimum absolute atomic E-state index is 0.0314. The second-order valence-electron chi connectivity index (χ2n) is 1.82. The maximum atomic E-state index is 9.02. The Morgan fingerprint density at radius 2 is 1.90 bits per heavy atom. The third kappa shape index (κ3) is 4.40. The third-order valence-electron chi connectivity index (χ3n) is 1.01. The molecular formula is C5H12O3S2. The molecule has 0 aliphatic carbocycles. The largest absolute Gasteiger partial charge is 0.390 e. The van der Waals surface area contributed by atoms with E-state index < -0.39 is 12.2 Å². The zero-order valence-electron chi connectivity index (χ0n) is 5.47. The molecule has 3 nitrogen and oxygen atoms in total. The number of hydrogen-bond acceptors (Lipinski definition) is 5. The summed E-state index contributed by atoms with van der Waals surface area (Å²) in [6.45, 7) is 0. The van der Waals surface area contributed by atoms with Crippen LogP contribution in [0.3, 0.4) is 0 Å². The minimum Gasteiger partial charge on any atom is -0.390 e. The fourth-order valence-electron chi connectivity index (χ4n) is 0.406. The zero-order valence-corrected chi connectivity index (χ0v) is 7.18. The summed E-state index contributed by atoms with van der Waals surface area (Å²) in [5.74, 6) is 0.557. The smallest absolute Gasteiger partial charge is 0.0898 e. The Bertz CT molecular complexity index is 81.3. The van der Waals surface area contributed by atoms with Gasteiger partial charge in [-0.05, 0) is 0 Å². The molecule has 2 unspecified atom stereocenters. The SMILES string of the molecule is OCSCC(O)C(O)CS. The summed E-state index contributed by atoms with van der Waals surface area (Å²) in [4.78, 5) is 0. The van der Waals surface area contributed by atoms with Crippen LogP contribution < -0.4 is 0 Å². The van der Waals surface area contributed by atoms with Gasteiger partial charge in [0, 0.05) is 11.5 Å². The van der Waals surface area contributed by atoms with E-state index in [9.17, 15) is 0 Å². The highest BCUT2D eigenvalue weighted by molar-refractivity contribution is 7.99. The van der Waals surface area contributed by atoms with Gasteiger partial charge in [-0.3, -0.25) is 0 Å². The highest BCUT2D eigenvalue weighted by Crippen LogP contribution is 2.04. The van der Waals surface area contributed by atoms with Gasteiger partial charge in [-0.15, -0.1) is 11.8 Å². The van der Waals surface area contributed by atoms with Crippen LogP contribution in [0.4, 0.5) is 0 Å². The molecule has 0 aromatic rings. The van der Waals surface area contributed by atoms with Crippen LogP contribution >= 0.6 is 24.4 Å². The molecule has 3 N–H and O–H groups in total. The van der Waals surface area contributed by atoms with E-state index >= 15 is 0 Å². The molecule has 0 heterocycles. The van der Waals surface area contributed by atoms with Crippen molar-refractivity contribution in [2.45, 2.75) is 12.2 Å². The Hall–Kier alpha value is 0.580. The van der Waals surface area contributed by atoms with Gasteiger partial charge in [0.15, 0.2) is 0 Å². The first-order chi connectivity index (χ1) is 4.72. The van der Waals surface area contributed by atoms with Gasteiger partial charge in [0.2, 0.25) is 0 Å². The summed E-state index contributed by atoms with van der Waals surface area (Å²) >= 11 is 4.97. The van der Waals surface area contributed by atoms with Crippen molar-refractivity contribution in [3.05, 3.63) is 0 Å². The second kappa shape index (κ2) is 6.30. The first kappa shape index (κ1) is 10.6. The molecule has 0 rings (SSSR count). The number of thioether (sulfide) groups is 1. The van der Waals surface area contributed by atoms with Crippen LogP contribution in [0.15, 0.2) is 0 Å². The van der Waals surface area contributed by atoms with Crippen LogP contribution in [-0.2, 0) is 0 Å². The summed E-state index contributed by atoms with van der Waals surface area (Å²) in [5, 5.41) is 26.3. The van der Waals surface area contributed by atoms with Crippen LogP contribution in [0, 0.1) is 0 Å².